The summed E-state index contributed by atoms with van der Waals surface area (Å²) in [6.45, 7) is 16.4. The lowest BCUT2D eigenvalue weighted by Gasteiger charge is -2.28. The SMILES string of the molecule is CCC(C)OP(OC(C)CC)OP(OC(C)CC)OC(C)CC. The van der Waals surface area contributed by atoms with Gasteiger partial charge in [-0.05, 0) is 53.4 Å². The molecule has 0 aliphatic rings. The minimum Gasteiger partial charge on any atom is -0.309 e. The first-order valence-electron chi connectivity index (χ1n) is 8.81. The van der Waals surface area contributed by atoms with Crippen molar-refractivity contribution in [1.82, 2.24) is 0 Å². The number of hydrogen-bond acceptors (Lipinski definition) is 5. The van der Waals surface area contributed by atoms with Crippen molar-refractivity contribution in [1.29, 1.82) is 0 Å². The molecule has 0 aliphatic carbocycles. The maximum Gasteiger partial charge on any atom is 0.340 e. The van der Waals surface area contributed by atoms with Crippen molar-refractivity contribution in [2.45, 2.75) is 105 Å². The molecule has 0 fully saturated rings. The predicted molar refractivity (Wildman–Crippen MR) is 98.3 cm³/mol. The van der Waals surface area contributed by atoms with Crippen molar-refractivity contribution in [3.8, 4) is 0 Å². The van der Waals surface area contributed by atoms with E-state index in [1.165, 1.54) is 0 Å². The third kappa shape index (κ3) is 11.8. The van der Waals surface area contributed by atoms with E-state index < -0.39 is 17.2 Å². The maximum absolute atomic E-state index is 5.98. The fourth-order valence-electron chi connectivity index (χ4n) is 1.07. The molecule has 0 spiro atoms. The Morgan fingerprint density at radius 1 is 0.522 bits per heavy atom. The van der Waals surface area contributed by atoms with Gasteiger partial charge in [0.2, 0.25) is 0 Å². The van der Waals surface area contributed by atoms with Gasteiger partial charge in [0, 0.05) is 0 Å². The Hall–Kier alpha value is 0.660. The minimum atomic E-state index is -1.48. The van der Waals surface area contributed by atoms with E-state index in [-0.39, 0.29) is 24.4 Å². The third-order valence-electron chi connectivity index (χ3n) is 3.50. The van der Waals surface area contributed by atoms with Crippen molar-refractivity contribution in [2.75, 3.05) is 0 Å². The zero-order valence-electron chi connectivity index (χ0n) is 16.1. The molecule has 0 rings (SSSR count). The molecular weight excluding hydrogens is 334 g/mol. The fraction of sp³-hybridized carbons (Fsp3) is 1.00. The van der Waals surface area contributed by atoms with E-state index in [9.17, 15) is 0 Å². The second-order valence-corrected chi connectivity index (χ2v) is 8.22. The molecule has 0 saturated heterocycles. The molecule has 0 radical (unpaired) electrons. The molecule has 0 aromatic heterocycles. The van der Waals surface area contributed by atoms with Gasteiger partial charge in [0.05, 0.1) is 24.4 Å². The molecule has 0 saturated carbocycles. The summed E-state index contributed by atoms with van der Waals surface area (Å²) in [5.74, 6) is 0. The van der Waals surface area contributed by atoms with Crippen LogP contribution in [0.4, 0.5) is 0 Å². The molecule has 0 aromatic rings. The summed E-state index contributed by atoms with van der Waals surface area (Å²) < 4.78 is 29.6. The highest BCUT2D eigenvalue weighted by Gasteiger charge is 2.28. The molecule has 5 nitrogen and oxygen atoms in total. The monoisotopic (exact) mass is 370 g/mol. The topological polar surface area (TPSA) is 46.2 Å². The molecular formula is C16H36O5P2. The Bertz CT molecular complexity index is 233. The van der Waals surface area contributed by atoms with Crippen LogP contribution >= 0.6 is 17.2 Å². The lowest BCUT2D eigenvalue weighted by Crippen LogP contribution is -2.13. The average Bonchev–Trinajstić information content (AvgIpc) is 2.53. The van der Waals surface area contributed by atoms with Crippen molar-refractivity contribution in [2.24, 2.45) is 0 Å². The van der Waals surface area contributed by atoms with E-state index in [1.54, 1.807) is 0 Å². The van der Waals surface area contributed by atoms with Crippen LogP contribution in [0.3, 0.4) is 0 Å². The maximum atomic E-state index is 5.98. The minimum absolute atomic E-state index is 0.0780. The predicted octanol–water partition coefficient (Wildman–Crippen LogP) is 6.72. The highest BCUT2D eigenvalue weighted by molar-refractivity contribution is 7.55. The van der Waals surface area contributed by atoms with Crippen LogP contribution in [-0.4, -0.2) is 24.4 Å². The molecule has 23 heavy (non-hydrogen) atoms. The van der Waals surface area contributed by atoms with Gasteiger partial charge < -0.3 is 18.1 Å². The van der Waals surface area contributed by atoms with Gasteiger partial charge in [0.1, 0.15) is 0 Å². The molecule has 7 heteroatoms. The quantitative estimate of drug-likeness (QED) is 0.318. The van der Waals surface area contributed by atoms with Gasteiger partial charge in [-0.3, -0.25) is 0 Å². The second-order valence-electron chi connectivity index (χ2n) is 5.83. The van der Waals surface area contributed by atoms with Crippen LogP contribution in [0.5, 0.6) is 0 Å². The Morgan fingerprint density at radius 3 is 0.913 bits per heavy atom. The summed E-state index contributed by atoms with van der Waals surface area (Å²) >= 11 is 0. The van der Waals surface area contributed by atoms with E-state index >= 15 is 0 Å². The summed E-state index contributed by atoms with van der Waals surface area (Å²) in [4.78, 5) is 0. The van der Waals surface area contributed by atoms with Crippen LogP contribution in [0.1, 0.15) is 81.1 Å². The van der Waals surface area contributed by atoms with Gasteiger partial charge in [-0.2, -0.15) is 0 Å². The second kappa shape index (κ2) is 13.9. The zero-order chi connectivity index (χ0) is 17.8. The molecule has 0 heterocycles. The van der Waals surface area contributed by atoms with Crippen LogP contribution in [-0.2, 0) is 22.4 Å². The Morgan fingerprint density at radius 2 is 0.739 bits per heavy atom. The average molecular weight is 370 g/mol. The van der Waals surface area contributed by atoms with E-state index in [1.807, 2.05) is 27.7 Å². The lowest BCUT2D eigenvalue weighted by atomic mass is 10.3. The summed E-state index contributed by atoms with van der Waals surface area (Å²) in [6.07, 6.45) is 3.93. The Balaban J connectivity index is 4.83. The van der Waals surface area contributed by atoms with Gasteiger partial charge in [0.25, 0.3) is 0 Å². The van der Waals surface area contributed by atoms with Crippen LogP contribution < -0.4 is 0 Å². The highest BCUT2D eigenvalue weighted by atomic mass is 31.2. The first-order chi connectivity index (χ1) is 10.9. The third-order valence-corrected chi connectivity index (χ3v) is 6.69. The van der Waals surface area contributed by atoms with Crippen LogP contribution in [0.25, 0.3) is 0 Å². The summed E-state index contributed by atoms with van der Waals surface area (Å²) in [6, 6.07) is 0. The van der Waals surface area contributed by atoms with E-state index in [0.29, 0.717) is 0 Å². The van der Waals surface area contributed by atoms with Crippen LogP contribution in [0.2, 0.25) is 0 Å². The Labute approximate surface area is 145 Å². The van der Waals surface area contributed by atoms with E-state index in [2.05, 4.69) is 27.7 Å². The van der Waals surface area contributed by atoms with Crippen molar-refractivity contribution in [3.63, 3.8) is 0 Å². The Kier molecular flexibility index (Phi) is 14.3. The smallest absolute Gasteiger partial charge is 0.309 e. The fourth-order valence-corrected chi connectivity index (χ4v) is 3.99. The van der Waals surface area contributed by atoms with Gasteiger partial charge in [-0.1, -0.05) is 27.7 Å². The number of rotatable bonds is 14. The molecule has 0 aliphatic heterocycles. The molecule has 4 atom stereocenters. The zero-order valence-corrected chi connectivity index (χ0v) is 17.9. The summed E-state index contributed by atoms with van der Waals surface area (Å²) in [5, 5.41) is 0. The highest BCUT2D eigenvalue weighted by Crippen LogP contribution is 2.58. The van der Waals surface area contributed by atoms with Crippen molar-refractivity contribution >= 4 is 17.2 Å². The standard InChI is InChI=1S/C16H36O5P2/c1-9-13(5)17-22(18-14(6)10-2)21-23(19-15(7)11-3)20-16(8)12-4/h13-16H,9-12H2,1-8H3. The first kappa shape index (κ1) is 23.7. The molecule has 0 amide bonds. The molecule has 0 aromatic carbocycles. The van der Waals surface area contributed by atoms with E-state index in [0.717, 1.165) is 25.7 Å². The summed E-state index contributed by atoms with van der Waals surface area (Å²) in [5.41, 5.74) is 0. The van der Waals surface area contributed by atoms with E-state index in [4.69, 9.17) is 22.4 Å². The van der Waals surface area contributed by atoms with Crippen LogP contribution in [0.15, 0.2) is 0 Å². The number of hydrogen-bond donors (Lipinski definition) is 0. The largest absolute Gasteiger partial charge is 0.340 e. The normalized spacial score (nSPS) is 19.8. The van der Waals surface area contributed by atoms with Gasteiger partial charge in [0.15, 0.2) is 0 Å². The molecule has 0 bridgehead atoms. The first-order valence-corrected chi connectivity index (χ1v) is 11.0. The van der Waals surface area contributed by atoms with Crippen molar-refractivity contribution in [3.05, 3.63) is 0 Å². The molecule has 0 N–H and O–H groups in total. The van der Waals surface area contributed by atoms with Gasteiger partial charge in [-0.25, -0.2) is 4.31 Å². The summed E-state index contributed by atoms with van der Waals surface area (Å²) in [7, 11) is -2.97. The van der Waals surface area contributed by atoms with Gasteiger partial charge in [-0.15, -0.1) is 0 Å². The van der Waals surface area contributed by atoms with Crippen molar-refractivity contribution < 1.29 is 22.4 Å². The van der Waals surface area contributed by atoms with Crippen LogP contribution in [0, 0.1) is 0 Å². The lowest BCUT2D eigenvalue weighted by molar-refractivity contribution is 0.0927. The molecule has 4 unspecified atom stereocenters. The molecule has 140 valence electrons. The van der Waals surface area contributed by atoms with Gasteiger partial charge >= 0.3 is 17.2 Å².